The zero-order chi connectivity index (χ0) is 21.3. The highest BCUT2D eigenvalue weighted by molar-refractivity contribution is 7.71. The number of aromatic amines is 1. The molecule has 0 aliphatic carbocycles. The van der Waals surface area contributed by atoms with Crippen molar-refractivity contribution in [3.63, 3.8) is 0 Å². The summed E-state index contributed by atoms with van der Waals surface area (Å²) in [4.78, 5) is 25.9. The molecule has 0 aromatic carbocycles. The van der Waals surface area contributed by atoms with Crippen LogP contribution in [0.25, 0.3) is 16.9 Å². The van der Waals surface area contributed by atoms with Crippen molar-refractivity contribution in [2.24, 2.45) is 0 Å². The highest BCUT2D eigenvalue weighted by Crippen LogP contribution is 2.22. The molecule has 9 heteroatoms. The second-order valence-electron chi connectivity index (χ2n) is 8.28. The highest BCUT2D eigenvalue weighted by atomic mass is 32.1. The van der Waals surface area contributed by atoms with Crippen LogP contribution in [0.3, 0.4) is 0 Å². The SMILES string of the molecule is CC(C)(C)OC(=O)N1CCC(Oc2ccc(-n3c(=S)[nH]c4cccnc43)cn2)CC1. The number of hydrogen-bond donors (Lipinski definition) is 1. The minimum atomic E-state index is -0.487. The van der Waals surface area contributed by atoms with Crippen LogP contribution in [0.2, 0.25) is 0 Å². The van der Waals surface area contributed by atoms with Gasteiger partial charge in [-0.25, -0.2) is 14.8 Å². The van der Waals surface area contributed by atoms with Crippen molar-refractivity contribution in [1.82, 2.24) is 24.4 Å². The van der Waals surface area contributed by atoms with E-state index in [4.69, 9.17) is 21.7 Å². The molecule has 3 aromatic rings. The van der Waals surface area contributed by atoms with Gasteiger partial charge in [0, 0.05) is 38.2 Å². The molecule has 1 aliphatic heterocycles. The summed E-state index contributed by atoms with van der Waals surface area (Å²) in [6, 6.07) is 7.54. The van der Waals surface area contributed by atoms with Crippen molar-refractivity contribution in [1.29, 1.82) is 0 Å². The number of H-pyrrole nitrogens is 1. The predicted molar refractivity (Wildman–Crippen MR) is 116 cm³/mol. The molecule has 1 aliphatic rings. The van der Waals surface area contributed by atoms with Crippen molar-refractivity contribution in [3.8, 4) is 11.6 Å². The first-order chi connectivity index (χ1) is 14.3. The van der Waals surface area contributed by atoms with Crippen LogP contribution >= 0.6 is 12.2 Å². The summed E-state index contributed by atoms with van der Waals surface area (Å²) in [6.07, 6.45) is 4.67. The Kier molecular flexibility index (Phi) is 5.46. The fourth-order valence-corrected chi connectivity index (χ4v) is 3.71. The van der Waals surface area contributed by atoms with Gasteiger partial charge in [0.2, 0.25) is 5.88 Å². The molecule has 1 amide bonds. The number of aromatic nitrogens is 4. The van der Waals surface area contributed by atoms with Crippen LogP contribution in [0.4, 0.5) is 4.79 Å². The molecule has 4 heterocycles. The van der Waals surface area contributed by atoms with E-state index in [1.165, 1.54) is 0 Å². The van der Waals surface area contributed by atoms with Crippen molar-refractivity contribution < 1.29 is 14.3 Å². The van der Waals surface area contributed by atoms with Gasteiger partial charge < -0.3 is 19.4 Å². The third-order valence-electron chi connectivity index (χ3n) is 4.80. The number of piperidine rings is 1. The Balaban J connectivity index is 1.39. The molecule has 1 fully saturated rings. The molecule has 30 heavy (non-hydrogen) atoms. The Morgan fingerprint density at radius 2 is 1.97 bits per heavy atom. The maximum Gasteiger partial charge on any atom is 0.410 e. The summed E-state index contributed by atoms with van der Waals surface area (Å²) in [5, 5.41) is 0. The summed E-state index contributed by atoms with van der Waals surface area (Å²) in [6.45, 7) is 6.82. The summed E-state index contributed by atoms with van der Waals surface area (Å²) >= 11 is 5.43. The molecule has 158 valence electrons. The average Bonchev–Trinajstić information content (AvgIpc) is 3.03. The lowest BCUT2D eigenvalue weighted by molar-refractivity contribution is 0.0123. The lowest BCUT2D eigenvalue weighted by Gasteiger charge is -2.33. The third kappa shape index (κ3) is 4.46. The first-order valence-corrected chi connectivity index (χ1v) is 10.4. The van der Waals surface area contributed by atoms with E-state index in [2.05, 4.69) is 15.0 Å². The molecular weight excluding hydrogens is 402 g/mol. The van der Waals surface area contributed by atoms with Gasteiger partial charge in [-0.15, -0.1) is 0 Å². The Labute approximate surface area is 179 Å². The Morgan fingerprint density at radius 3 is 2.63 bits per heavy atom. The second kappa shape index (κ2) is 8.06. The monoisotopic (exact) mass is 427 g/mol. The van der Waals surface area contributed by atoms with Gasteiger partial charge in [-0.05, 0) is 51.2 Å². The van der Waals surface area contributed by atoms with E-state index in [-0.39, 0.29) is 12.2 Å². The van der Waals surface area contributed by atoms with Gasteiger partial charge in [0.1, 0.15) is 11.7 Å². The van der Waals surface area contributed by atoms with E-state index in [0.717, 1.165) is 29.7 Å². The number of imidazole rings is 1. The summed E-state index contributed by atoms with van der Waals surface area (Å²) in [5.74, 6) is 0.550. The number of pyridine rings is 2. The van der Waals surface area contributed by atoms with Crippen LogP contribution in [-0.2, 0) is 4.74 Å². The molecule has 8 nitrogen and oxygen atoms in total. The van der Waals surface area contributed by atoms with Gasteiger partial charge in [0.25, 0.3) is 0 Å². The molecule has 1 saturated heterocycles. The smallest absolute Gasteiger partial charge is 0.410 e. The van der Waals surface area contributed by atoms with Crippen molar-refractivity contribution in [2.75, 3.05) is 13.1 Å². The molecule has 0 saturated carbocycles. The number of ether oxygens (including phenoxy) is 2. The molecule has 0 bridgehead atoms. The Hall–Kier alpha value is -2.94. The first kappa shape index (κ1) is 20.3. The zero-order valence-electron chi connectivity index (χ0n) is 17.3. The van der Waals surface area contributed by atoms with E-state index in [1.54, 1.807) is 17.3 Å². The second-order valence-corrected chi connectivity index (χ2v) is 8.67. The molecule has 0 radical (unpaired) electrons. The number of rotatable bonds is 3. The van der Waals surface area contributed by atoms with Crippen molar-refractivity contribution in [3.05, 3.63) is 41.4 Å². The number of nitrogens with zero attached hydrogens (tertiary/aromatic N) is 4. The maximum atomic E-state index is 12.2. The molecule has 4 rings (SSSR count). The van der Waals surface area contributed by atoms with Gasteiger partial charge >= 0.3 is 6.09 Å². The highest BCUT2D eigenvalue weighted by Gasteiger charge is 2.27. The number of nitrogens with one attached hydrogen (secondary N) is 1. The van der Waals surface area contributed by atoms with Crippen LogP contribution in [0.1, 0.15) is 33.6 Å². The van der Waals surface area contributed by atoms with Crippen LogP contribution in [0.15, 0.2) is 36.7 Å². The van der Waals surface area contributed by atoms with E-state index >= 15 is 0 Å². The fourth-order valence-electron chi connectivity index (χ4n) is 3.41. The third-order valence-corrected chi connectivity index (χ3v) is 5.09. The van der Waals surface area contributed by atoms with E-state index in [1.807, 2.05) is 49.6 Å². The zero-order valence-corrected chi connectivity index (χ0v) is 18.1. The van der Waals surface area contributed by atoms with Gasteiger partial charge in [0.15, 0.2) is 10.4 Å². The van der Waals surface area contributed by atoms with Gasteiger partial charge in [-0.3, -0.25) is 4.57 Å². The van der Waals surface area contributed by atoms with Crippen LogP contribution in [-0.4, -0.2) is 55.3 Å². The molecule has 1 N–H and O–H groups in total. The van der Waals surface area contributed by atoms with Gasteiger partial charge in [0.05, 0.1) is 17.4 Å². The van der Waals surface area contributed by atoms with Crippen molar-refractivity contribution >= 4 is 29.5 Å². The van der Waals surface area contributed by atoms with Crippen LogP contribution < -0.4 is 4.74 Å². The lowest BCUT2D eigenvalue weighted by Crippen LogP contribution is -2.44. The van der Waals surface area contributed by atoms with E-state index in [9.17, 15) is 4.79 Å². The summed E-state index contributed by atoms with van der Waals surface area (Å²) in [7, 11) is 0. The van der Waals surface area contributed by atoms with Gasteiger partial charge in [-0.2, -0.15) is 0 Å². The largest absolute Gasteiger partial charge is 0.474 e. The number of hydrogen-bond acceptors (Lipinski definition) is 6. The summed E-state index contributed by atoms with van der Waals surface area (Å²) < 4.78 is 13.9. The van der Waals surface area contributed by atoms with E-state index < -0.39 is 5.60 Å². The molecule has 3 aromatic heterocycles. The minimum absolute atomic E-state index is 0.0129. The normalized spacial score (nSPS) is 15.4. The maximum absolute atomic E-state index is 12.2. The molecule has 0 spiro atoms. The first-order valence-electron chi connectivity index (χ1n) is 9.97. The number of fused-ring (bicyclic) bond motifs is 1. The van der Waals surface area contributed by atoms with E-state index in [0.29, 0.717) is 23.7 Å². The Bertz CT molecular complexity index is 1090. The quantitative estimate of drug-likeness (QED) is 0.629. The summed E-state index contributed by atoms with van der Waals surface area (Å²) in [5.41, 5.74) is 1.96. The predicted octanol–water partition coefficient (Wildman–Crippen LogP) is 4.26. The number of amides is 1. The van der Waals surface area contributed by atoms with Crippen molar-refractivity contribution in [2.45, 2.75) is 45.3 Å². The topological polar surface area (TPSA) is 85.3 Å². The fraction of sp³-hybridized carbons (Fsp3) is 0.429. The Morgan fingerprint density at radius 1 is 1.20 bits per heavy atom. The average molecular weight is 428 g/mol. The molecular formula is C21H25N5O3S. The van der Waals surface area contributed by atoms with Gasteiger partial charge in [-0.1, -0.05) is 0 Å². The number of carbonyl (C=O) groups is 1. The van der Waals surface area contributed by atoms with Crippen LogP contribution in [0, 0.1) is 4.77 Å². The van der Waals surface area contributed by atoms with Crippen LogP contribution in [0.5, 0.6) is 5.88 Å². The lowest BCUT2D eigenvalue weighted by atomic mass is 10.1. The molecule has 0 atom stereocenters. The minimum Gasteiger partial charge on any atom is -0.474 e. The standard InChI is InChI=1S/C21H25N5O3S/c1-21(2,3)29-20(27)25-11-8-15(9-12-25)28-17-7-6-14(13-23-17)26-18-16(24-19(26)30)5-4-10-22-18/h4-7,10,13,15H,8-9,11-12H2,1-3H3,(H,24,30). The number of likely N-dealkylation sites (tertiary alicyclic amines) is 1. The number of carbonyl (C=O) groups excluding carboxylic acids is 1. The molecule has 0 unspecified atom stereocenters.